The molecular formula is C17H19N3O2. The fourth-order valence-electron chi connectivity index (χ4n) is 2.72. The number of aromatic nitrogens is 2. The van der Waals surface area contributed by atoms with Crippen molar-refractivity contribution >= 4 is 11.6 Å². The topological polar surface area (TPSA) is 55.3 Å². The van der Waals surface area contributed by atoms with Crippen molar-refractivity contribution < 1.29 is 9.53 Å². The van der Waals surface area contributed by atoms with Crippen LogP contribution in [0.4, 0.5) is 5.69 Å². The first-order chi connectivity index (χ1) is 10.5. The maximum atomic E-state index is 12.9. The number of rotatable bonds is 2. The summed E-state index contributed by atoms with van der Waals surface area (Å²) in [5.41, 5.74) is 3.33. The Hall–Kier alpha value is -2.43. The minimum absolute atomic E-state index is 0.0950. The van der Waals surface area contributed by atoms with E-state index in [1.54, 1.807) is 11.0 Å². The standard InChI is InChI=1S/C17H19N3O2/c1-10(2)9-20-14-8-11(3)7-12(4)15(14)22-16-13(17(20)21)5-6-18-19-16/h5-8,10H,9H2,1-4H3. The third-order valence-electron chi connectivity index (χ3n) is 3.60. The molecule has 0 unspecified atom stereocenters. The molecule has 0 spiro atoms. The highest BCUT2D eigenvalue weighted by molar-refractivity contribution is 6.09. The first kappa shape index (κ1) is 14.5. The van der Waals surface area contributed by atoms with Gasteiger partial charge in [-0.05, 0) is 43.0 Å². The second kappa shape index (κ2) is 5.40. The lowest BCUT2D eigenvalue weighted by atomic mass is 10.1. The van der Waals surface area contributed by atoms with Gasteiger partial charge >= 0.3 is 0 Å². The van der Waals surface area contributed by atoms with E-state index in [2.05, 4.69) is 24.0 Å². The van der Waals surface area contributed by atoms with Gasteiger partial charge in [0.05, 0.1) is 11.9 Å². The number of anilines is 1. The van der Waals surface area contributed by atoms with Crippen molar-refractivity contribution in [3.63, 3.8) is 0 Å². The first-order valence-electron chi connectivity index (χ1n) is 7.40. The number of carbonyl (C=O) groups excluding carboxylic acids is 1. The summed E-state index contributed by atoms with van der Waals surface area (Å²) >= 11 is 0. The Morgan fingerprint density at radius 2 is 2.05 bits per heavy atom. The van der Waals surface area contributed by atoms with Crippen LogP contribution in [-0.2, 0) is 0 Å². The average Bonchev–Trinajstić information content (AvgIpc) is 2.57. The lowest BCUT2D eigenvalue weighted by molar-refractivity contribution is 0.0983. The highest BCUT2D eigenvalue weighted by Gasteiger charge is 2.30. The van der Waals surface area contributed by atoms with E-state index in [1.165, 1.54) is 6.20 Å². The number of aryl methyl sites for hydroxylation is 2. The number of hydrogen-bond acceptors (Lipinski definition) is 4. The number of benzene rings is 1. The highest BCUT2D eigenvalue weighted by Crippen LogP contribution is 2.40. The summed E-state index contributed by atoms with van der Waals surface area (Å²) in [4.78, 5) is 14.7. The molecule has 0 saturated heterocycles. The number of amides is 1. The van der Waals surface area contributed by atoms with Gasteiger partial charge < -0.3 is 9.64 Å². The van der Waals surface area contributed by atoms with Crippen molar-refractivity contribution in [3.8, 4) is 11.6 Å². The molecule has 0 bridgehead atoms. The molecule has 1 aromatic heterocycles. The Kier molecular flexibility index (Phi) is 3.56. The zero-order chi connectivity index (χ0) is 15.9. The number of carbonyl (C=O) groups is 1. The van der Waals surface area contributed by atoms with Crippen molar-refractivity contribution in [2.75, 3.05) is 11.4 Å². The first-order valence-corrected chi connectivity index (χ1v) is 7.40. The van der Waals surface area contributed by atoms with E-state index in [4.69, 9.17) is 4.74 Å². The summed E-state index contributed by atoms with van der Waals surface area (Å²) in [6.07, 6.45) is 1.52. The summed E-state index contributed by atoms with van der Waals surface area (Å²) in [6, 6.07) is 5.69. The van der Waals surface area contributed by atoms with Gasteiger partial charge in [0.25, 0.3) is 11.8 Å². The SMILES string of the molecule is Cc1cc(C)c2c(c1)N(CC(C)C)C(=O)c1ccnnc1O2. The van der Waals surface area contributed by atoms with Crippen molar-refractivity contribution in [3.05, 3.63) is 41.1 Å². The number of nitrogens with zero attached hydrogens (tertiary/aromatic N) is 3. The third-order valence-corrected chi connectivity index (χ3v) is 3.60. The van der Waals surface area contributed by atoms with Crippen molar-refractivity contribution in [1.82, 2.24) is 10.2 Å². The maximum absolute atomic E-state index is 12.9. The lowest BCUT2D eigenvalue weighted by Gasteiger charge is -2.25. The zero-order valence-electron chi connectivity index (χ0n) is 13.3. The summed E-state index contributed by atoms with van der Waals surface area (Å²) < 4.78 is 5.93. The van der Waals surface area contributed by atoms with Crippen LogP contribution in [0, 0.1) is 19.8 Å². The Morgan fingerprint density at radius 1 is 1.27 bits per heavy atom. The predicted molar refractivity (Wildman–Crippen MR) is 84.5 cm³/mol. The van der Waals surface area contributed by atoms with E-state index in [0.717, 1.165) is 16.8 Å². The second-order valence-corrected chi connectivity index (χ2v) is 6.09. The normalized spacial score (nSPS) is 13.5. The van der Waals surface area contributed by atoms with Gasteiger partial charge in [0.2, 0.25) is 0 Å². The fourth-order valence-corrected chi connectivity index (χ4v) is 2.72. The van der Waals surface area contributed by atoms with Crippen LogP contribution in [0.2, 0.25) is 0 Å². The van der Waals surface area contributed by atoms with E-state index < -0.39 is 0 Å². The lowest BCUT2D eigenvalue weighted by Crippen LogP contribution is -2.33. The van der Waals surface area contributed by atoms with Gasteiger partial charge in [-0.15, -0.1) is 5.10 Å². The van der Waals surface area contributed by atoms with Gasteiger partial charge in [-0.3, -0.25) is 4.79 Å². The molecular weight excluding hydrogens is 278 g/mol. The molecule has 0 atom stereocenters. The van der Waals surface area contributed by atoms with Crippen LogP contribution in [0.1, 0.15) is 35.3 Å². The van der Waals surface area contributed by atoms with Crippen LogP contribution in [0.25, 0.3) is 0 Å². The van der Waals surface area contributed by atoms with Crippen molar-refractivity contribution in [2.24, 2.45) is 5.92 Å². The summed E-state index contributed by atoms with van der Waals surface area (Å²) in [7, 11) is 0. The van der Waals surface area contributed by atoms with Gasteiger partial charge in [0, 0.05) is 6.54 Å². The van der Waals surface area contributed by atoms with E-state index >= 15 is 0 Å². The monoisotopic (exact) mass is 297 g/mol. The minimum atomic E-state index is -0.0950. The van der Waals surface area contributed by atoms with Gasteiger partial charge in [-0.2, -0.15) is 5.10 Å². The van der Waals surface area contributed by atoms with Gasteiger partial charge in [0.15, 0.2) is 5.75 Å². The number of ether oxygens (including phenoxy) is 1. The molecule has 5 heteroatoms. The van der Waals surface area contributed by atoms with E-state index in [-0.39, 0.29) is 11.8 Å². The van der Waals surface area contributed by atoms with E-state index in [1.807, 2.05) is 26.0 Å². The highest BCUT2D eigenvalue weighted by atomic mass is 16.5. The summed E-state index contributed by atoms with van der Waals surface area (Å²) in [5.74, 6) is 1.20. The Morgan fingerprint density at radius 3 is 2.77 bits per heavy atom. The molecule has 0 N–H and O–H groups in total. The van der Waals surface area contributed by atoms with Crippen molar-refractivity contribution in [1.29, 1.82) is 0 Å². The second-order valence-electron chi connectivity index (χ2n) is 6.09. The quantitative estimate of drug-likeness (QED) is 0.851. The van der Waals surface area contributed by atoms with Crippen LogP contribution >= 0.6 is 0 Å². The molecule has 1 aliphatic rings. The van der Waals surface area contributed by atoms with Crippen LogP contribution in [0.15, 0.2) is 24.4 Å². The fraction of sp³-hybridized carbons (Fsp3) is 0.353. The molecule has 3 rings (SSSR count). The smallest absolute Gasteiger partial charge is 0.264 e. The summed E-state index contributed by atoms with van der Waals surface area (Å²) in [5, 5.41) is 7.82. The van der Waals surface area contributed by atoms with Crippen molar-refractivity contribution in [2.45, 2.75) is 27.7 Å². The Bertz CT molecular complexity index is 741. The molecule has 2 aromatic rings. The van der Waals surface area contributed by atoms with Crippen LogP contribution in [0.3, 0.4) is 0 Å². The zero-order valence-corrected chi connectivity index (χ0v) is 13.3. The van der Waals surface area contributed by atoms with Crippen LogP contribution in [0.5, 0.6) is 11.6 Å². The molecule has 2 heterocycles. The van der Waals surface area contributed by atoms with Gasteiger partial charge in [-0.1, -0.05) is 19.9 Å². The van der Waals surface area contributed by atoms with Gasteiger partial charge in [0.1, 0.15) is 5.56 Å². The molecule has 0 radical (unpaired) electrons. The molecule has 0 fully saturated rings. The minimum Gasteiger partial charge on any atom is -0.434 e. The maximum Gasteiger partial charge on any atom is 0.264 e. The summed E-state index contributed by atoms with van der Waals surface area (Å²) in [6.45, 7) is 8.80. The molecule has 114 valence electrons. The van der Waals surface area contributed by atoms with E-state index in [0.29, 0.717) is 23.8 Å². The Balaban J connectivity index is 2.24. The van der Waals surface area contributed by atoms with Gasteiger partial charge in [-0.25, -0.2) is 0 Å². The van der Waals surface area contributed by atoms with E-state index in [9.17, 15) is 4.79 Å². The number of fused-ring (bicyclic) bond motifs is 2. The largest absolute Gasteiger partial charge is 0.434 e. The van der Waals surface area contributed by atoms with Crippen LogP contribution in [-0.4, -0.2) is 22.6 Å². The van der Waals surface area contributed by atoms with Crippen LogP contribution < -0.4 is 9.64 Å². The molecule has 1 amide bonds. The molecule has 1 aromatic carbocycles. The predicted octanol–water partition coefficient (Wildman–Crippen LogP) is 3.50. The molecule has 0 aliphatic carbocycles. The molecule has 1 aliphatic heterocycles. The number of hydrogen-bond donors (Lipinski definition) is 0. The Labute approximate surface area is 129 Å². The average molecular weight is 297 g/mol. The third kappa shape index (κ3) is 2.43. The molecule has 22 heavy (non-hydrogen) atoms. The molecule has 0 saturated carbocycles. The molecule has 5 nitrogen and oxygen atoms in total.